The third-order valence-corrected chi connectivity index (χ3v) is 6.54. The van der Waals surface area contributed by atoms with Gasteiger partial charge in [-0.15, -0.1) is 0 Å². The van der Waals surface area contributed by atoms with Crippen molar-refractivity contribution in [3.05, 3.63) is 58.6 Å². The summed E-state index contributed by atoms with van der Waals surface area (Å²) in [5.41, 5.74) is 6.97. The maximum atomic E-state index is 9.72. The van der Waals surface area contributed by atoms with Crippen LogP contribution < -0.4 is 0 Å². The maximum absolute atomic E-state index is 9.72. The minimum atomic E-state index is -0.401. The van der Waals surface area contributed by atoms with Crippen LogP contribution in [0.3, 0.4) is 0 Å². The molecule has 0 aliphatic carbocycles. The number of aliphatic hydroxyl groups excluding tert-OH is 1. The van der Waals surface area contributed by atoms with Gasteiger partial charge < -0.3 is 18.9 Å². The lowest BCUT2D eigenvalue weighted by molar-refractivity contribution is 0.475. The summed E-state index contributed by atoms with van der Waals surface area (Å²) < 4.78 is 6.28. The first-order chi connectivity index (χ1) is 16.4. The Hall–Kier alpha value is -2.77. The standard InChI is InChI=1S/C27H43BN6O/c1-16(2)22-12-25(18(5)6)32(29-22)28(33-26(19(7)8)13-23(30-33)17(3)4)34-27(20(9)10)14-24(31-34)21(11)15-35/h12-20,35H,1-11H3/q-1/b21-15+. The number of nitrogens with zero attached hydrogens (tertiary/aromatic N) is 6. The van der Waals surface area contributed by atoms with E-state index in [4.69, 9.17) is 15.3 Å². The summed E-state index contributed by atoms with van der Waals surface area (Å²) in [6.45, 7) is 23.8. The van der Waals surface area contributed by atoms with E-state index in [1.807, 2.05) is 6.92 Å². The molecular formula is C27H43BN6O-. The van der Waals surface area contributed by atoms with E-state index in [2.05, 4.69) is 101 Å². The minimum absolute atomic E-state index is 0.218. The summed E-state index contributed by atoms with van der Waals surface area (Å²) in [6.07, 6.45) is 1.13. The quantitative estimate of drug-likeness (QED) is 0.273. The highest BCUT2D eigenvalue weighted by Gasteiger charge is 2.25. The molecule has 1 N–H and O–H groups in total. The van der Waals surface area contributed by atoms with E-state index in [0.29, 0.717) is 11.8 Å². The van der Waals surface area contributed by atoms with Gasteiger partial charge in [-0.1, -0.05) is 69.2 Å². The summed E-state index contributed by atoms with van der Waals surface area (Å²) >= 11 is 0. The number of hydrogen-bond donors (Lipinski definition) is 1. The molecule has 3 heterocycles. The topological polar surface area (TPSA) is 73.7 Å². The molecule has 0 spiro atoms. The van der Waals surface area contributed by atoms with E-state index in [1.165, 1.54) is 0 Å². The minimum Gasteiger partial charge on any atom is -0.515 e. The lowest BCUT2D eigenvalue weighted by Gasteiger charge is -2.36. The predicted molar refractivity (Wildman–Crippen MR) is 145 cm³/mol. The molecule has 0 bridgehead atoms. The number of aromatic nitrogens is 6. The number of aliphatic hydroxyl groups is 1. The van der Waals surface area contributed by atoms with Crippen LogP contribution in [0.2, 0.25) is 0 Å². The molecule has 0 fully saturated rings. The Labute approximate surface area is 211 Å². The summed E-state index contributed by atoms with van der Waals surface area (Å²) in [6, 6.07) is 6.52. The average Bonchev–Trinajstić information content (AvgIpc) is 3.51. The van der Waals surface area contributed by atoms with E-state index < -0.39 is 7.12 Å². The molecule has 0 saturated heterocycles. The van der Waals surface area contributed by atoms with Crippen LogP contribution in [-0.4, -0.2) is 41.3 Å². The van der Waals surface area contributed by atoms with Crippen LogP contribution >= 0.6 is 0 Å². The van der Waals surface area contributed by atoms with Gasteiger partial charge in [0.05, 0.1) is 23.3 Å². The van der Waals surface area contributed by atoms with Crippen molar-refractivity contribution in [3.8, 4) is 0 Å². The van der Waals surface area contributed by atoms with Crippen LogP contribution in [0.25, 0.3) is 5.57 Å². The molecule has 35 heavy (non-hydrogen) atoms. The van der Waals surface area contributed by atoms with Crippen molar-refractivity contribution in [2.45, 2.75) is 106 Å². The second-order valence-electron chi connectivity index (χ2n) is 11.2. The van der Waals surface area contributed by atoms with Crippen molar-refractivity contribution in [1.82, 2.24) is 29.1 Å². The first-order valence-corrected chi connectivity index (χ1v) is 13.0. The van der Waals surface area contributed by atoms with Crippen molar-refractivity contribution >= 4 is 12.7 Å². The largest absolute Gasteiger partial charge is 0.515 e. The van der Waals surface area contributed by atoms with E-state index in [-0.39, 0.29) is 17.8 Å². The Morgan fingerprint density at radius 1 is 0.657 bits per heavy atom. The highest BCUT2D eigenvalue weighted by Crippen LogP contribution is 2.28. The van der Waals surface area contributed by atoms with E-state index >= 15 is 0 Å². The molecule has 0 unspecified atom stereocenters. The molecule has 0 atom stereocenters. The summed E-state index contributed by atoms with van der Waals surface area (Å²) in [5.74, 6) is 1.38. The van der Waals surface area contributed by atoms with Gasteiger partial charge in [0.2, 0.25) is 0 Å². The molecule has 7 nitrogen and oxygen atoms in total. The molecule has 0 aromatic carbocycles. The van der Waals surface area contributed by atoms with Crippen molar-refractivity contribution in [1.29, 1.82) is 0 Å². The fourth-order valence-corrected chi connectivity index (χ4v) is 4.25. The van der Waals surface area contributed by atoms with E-state index in [1.54, 1.807) is 0 Å². The van der Waals surface area contributed by atoms with Gasteiger partial charge in [0, 0.05) is 5.57 Å². The third kappa shape index (κ3) is 5.26. The van der Waals surface area contributed by atoms with Gasteiger partial charge in [-0.3, -0.25) is 0 Å². The molecule has 3 aromatic rings. The zero-order chi connectivity index (χ0) is 26.2. The first-order valence-electron chi connectivity index (χ1n) is 13.0. The van der Waals surface area contributed by atoms with Crippen LogP contribution in [0.5, 0.6) is 0 Å². The Morgan fingerprint density at radius 3 is 1.37 bits per heavy atom. The van der Waals surface area contributed by atoms with Gasteiger partial charge in [0.25, 0.3) is 7.12 Å². The highest BCUT2D eigenvalue weighted by atomic mass is 16.2. The zero-order valence-corrected chi connectivity index (χ0v) is 23.4. The highest BCUT2D eigenvalue weighted by molar-refractivity contribution is 6.53. The molecule has 1 radical (unpaired) electrons. The predicted octanol–water partition coefficient (Wildman–Crippen LogP) is 6.74. The summed E-state index contributed by atoms with van der Waals surface area (Å²) in [4.78, 5) is 0. The second-order valence-corrected chi connectivity index (χ2v) is 11.2. The van der Waals surface area contributed by atoms with Crippen molar-refractivity contribution < 1.29 is 5.11 Å². The van der Waals surface area contributed by atoms with Gasteiger partial charge in [-0.25, -0.2) is 15.3 Å². The molecule has 0 amide bonds. The van der Waals surface area contributed by atoms with Gasteiger partial charge in [-0.05, 0) is 71.8 Å². The fraction of sp³-hybridized carbons (Fsp3) is 0.593. The Balaban J connectivity index is 2.43. The molecule has 3 aromatic heterocycles. The van der Waals surface area contributed by atoms with Crippen LogP contribution in [0.4, 0.5) is 0 Å². The molecule has 3 rings (SSSR count). The number of allylic oxidation sites excluding steroid dienone is 1. The first kappa shape index (κ1) is 26.8. The molecule has 0 saturated carbocycles. The van der Waals surface area contributed by atoms with Crippen molar-refractivity contribution in [3.63, 3.8) is 0 Å². The average molecular weight is 478 g/mol. The monoisotopic (exact) mass is 478 g/mol. The van der Waals surface area contributed by atoms with Gasteiger partial charge in [0.1, 0.15) is 0 Å². The van der Waals surface area contributed by atoms with Gasteiger partial charge in [0.15, 0.2) is 0 Å². The van der Waals surface area contributed by atoms with Crippen molar-refractivity contribution in [2.75, 3.05) is 0 Å². The SMILES string of the molecule is C/C(=C\O)c1cc(C(C)C)n([B-](n2nc(C(C)C)cc2C(C)C)n2nc(C(C)C)cc2C(C)C)n1. The summed E-state index contributed by atoms with van der Waals surface area (Å²) in [7, 11) is -0.401. The lowest BCUT2D eigenvalue weighted by Crippen LogP contribution is -2.47. The molecule has 0 aliphatic heterocycles. The number of rotatable bonds is 9. The van der Waals surface area contributed by atoms with Crippen molar-refractivity contribution in [2.24, 2.45) is 0 Å². The molecular weight excluding hydrogens is 435 g/mol. The van der Waals surface area contributed by atoms with Gasteiger partial charge >= 0.3 is 0 Å². The van der Waals surface area contributed by atoms with Crippen LogP contribution in [-0.2, 0) is 0 Å². The third-order valence-electron chi connectivity index (χ3n) is 6.54. The Kier molecular flexibility index (Phi) is 8.02. The lowest BCUT2D eigenvalue weighted by atomic mass is 9.89. The summed E-state index contributed by atoms with van der Waals surface area (Å²) in [5, 5.41) is 25.0. The van der Waals surface area contributed by atoms with Crippen LogP contribution in [0.15, 0.2) is 24.5 Å². The normalized spacial score (nSPS) is 13.1. The second kappa shape index (κ2) is 10.5. The fourth-order valence-electron chi connectivity index (χ4n) is 4.25. The smallest absolute Gasteiger partial charge is 0.261 e. The maximum Gasteiger partial charge on any atom is 0.261 e. The number of hydrogen-bond acceptors (Lipinski definition) is 4. The molecule has 191 valence electrons. The molecule has 8 heteroatoms. The van der Waals surface area contributed by atoms with E-state index in [0.717, 1.165) is 46.0 Å². The van der Waals surface area contributed by atoms with E-state index in [9.17, 15) is 5.11 Å². The Bertz CT molecular complexity index is 1120. The molecule has 0 aliphatic rings. The van der Waals surface area contributed by atoms with Crippen LogP contribution in [0.1, 0.15) is 140 Å². The zero-order valence-electron chi connectivity index (χ0n) is 23.4. The Morgan fingerprint density at radius 2 is 1.03 bits per heavy atom. The van der Waals surface area contributed by atoms with Gasteiger partial charge in [-0.2, -0.15) is 0 Å². The van der Waals surface area contributed by atoms with Crippen LogP contribution in [0, 0.1) is 0 Å².